The zero-order valence-corrected chi connectivity index (χ0v) is 16.6. The second-order valence-corrected chi connectivity index (χ2v) is 6.82. The van der Waals surface area contributed by atoms with Gasteiger partial charge in [-0.2, -0.15) is 0 Å². The van der Waals surface area contributed by atoms with E-state index in [-0.39, 0.29) is 6.61 Å². The number of hydrogen-bond acceptors (Lipinski definition) is 4. The summed E-state index contributed by atoms with van der Waals surface area (Å²) in [5.74, 6) is 0.203. The molecule has 0 spiro atoms. The van der Waals surface area contributed by atoms with Crippen LogP contribution in [0.5, 0.6) is 11.5 Å². The Morgan fingerprint density at radius 1 is 1.00 bits per heavy atom. The first kappa shape index (κ1) is 19.9. The van der Waals surface area contributed by atoms with Crippen molar-refractivity contribution in [1.29, 1.82) is 0 Å². The molecule has 3 aromatic rings. The zero-order valence-electron chi connectivity index (χ0n) is 15.1. The van der Waals surface area contributed by atoms with Crippen molar-refractivity contribution >= 4 is 41.1 Å². The van der Waals surface area contributed by atoms with Gasteiger partial charge in [-0.3, -0.25) is 4.99 Å². The summed E-state index contributed by atoms with van der Waals surface area (Å²) in [5, 5.41) is 0.813. The molecule has 0 radical (unpaired) electrons. The predicted octanol–water partition coefficient (Wildman–Crippen LogP) is 6.04. The average Bonchev–Trinajstić information content (AvgIpc) is 2.67. The second kappa shape index (κ2) is 9.40. The van der Waals surface area contributed by atoms with Crippen LogP contribution in [0.3, 0.4) is 0 Å². The fourth-order valence-corrected chi connectivity index (χ4v) is 2.88. The van der Waals surface area contributed by atoms with Crippen LogP contribution in [0, 0.1) is 6.92 Å². The summed E-state index contributed by atoms with van der Waals surface area (Å²) >= 11 is 11.9. The molecule has 0 bridgehead atoms. The summed E-state index contributed by atoms with van der Waals surface area (Å²) in [6.45, 7) is 1.71. The molecule has 142 valence electrons. The number of benzene rings is 3. The van der Waals surface area contributed by atoms with Crippen molar-refractivity contribution in [2.24, 2.45) is 4.99 Å². The lowest BCUT2D eigenvalue weighted by molar-refractivity contribution is -0.136. The highest BCUT2D eigenvalue weighted by Gasteiger charge is 2.11. The van der Waals surface area contributed by atoms with Gasteiger partial charge in [0.25, 0.3) is 0 Å². The molecule has 4 nitrogen and oxygen atoms in total. The third-order valence-corrected chi connectivity index (χ3v) is 4.27. The van der Waals surface area contributed by atoms with Gasteiger partial charge in [-0.25, -0.2) is 4.79 Å². The Labute approximate surface area is 173 Å². The molecule has 3 rings (SSSR count). The maximum atomic E-state index is 12.2. The van der Waals surface area contributed by atoms with Gasteiger partial charge in [0, 0.05) is 16.8 Å². The normalized spacial score (nSPS) is 10.8. The van der Waals surface area contributed by atoms with E-state index >= 15 is 0 Å². The third-order valence-electron chi connectivity index (χ3n) is 3.74. The minimum absolute atomic E-state index is 0.287. The number of halogens is 2. The van der Waals surface area contributed by atoms with Gasteiger partial charge in [-0.15, -0.1) is 0 Å². The predicted molar refractivity (Wildman–Crippen MR) is 112 cm³/mol. The lowest BCUT2D eigenvalue weighted by atomic mass is 10.2. The van der Waals surface area contributed by atoms with Gasteiger partial charge >= 0.3 is 5.97 Å². The van der Waals surface area contributed by atoms with E-state index in [0.29, 0.717) is 27.1 Å². The number of nitrogens with zero attached hydrogens (tertiary/aromatic N) is 1. The molecule has 0 N–H and O–H groups in total. The van der Waals surface area contributed by atoms with E-state index in [2.05, 4.69) is 4.99 Å². The van der Waals surface area contributed by atoms with Crippen LogP contribution in [0.2, 0.25) is 10.0 Å². The van der Waals surface area contributed by atoms with Crippen LogP contribution >= 0.6 is 23.2 Å². The Morgan fingerprint density at radius 2 is 1.82 bits per heavy atom. The van der Waals surface area contributed by atoms with E-state index in [1.54, 1.807) is 36.5 Å². The number of rotatable bonds is 6. The van der Waals surface area contributed by atoms with Gasteiger partial charge in [0.05, 0.1) is 10.7 Å². The highest BCUT2D eigenvalue weighted by molar-refractivity contribution is 6.35. The molecule has 0 heterocycles. The number of ether oxygens (including phenoxy) is 2. The van der Waals surface area contributed by atoms with Crippen LogP contribution in [0.1, 0.15) is 11.1 Å². The molecule has 0 aromatic heterocycles. The first-order chi connectivity index (χ1) is 13.5. The van der Waals surface area contributed by atoms with Crippen molar-refractivity contribution in [2.45, 2.75) is 6.92 Å². The van der Waals surface area contributed by atoms with Crippen LogP contribution in [0.15, 0.2) is 71.7 Å². The molecule has 0 unspecified atom stereocenters. The van der Waals surface area contributed by atoms with E-state index in [4.69, 9.17) is 32.7 Å². The average molecular weight is 414 g/mol. The largest absolute Gasteiger partial charge is 0.480 e. The minimum Gasteiger partial charge on any atom is -0.480 e. The minimum atomic E-state index is -0.553. The molecule has 3 aromatic carbocycles. The summed E-state index contributed by atoms with van der Waals surface area (Å²) in [6.07, 6.45) is 1.66. The van der Waals surface area contributed by atoms with Crippen molar-refractivity contribution in [1.82, 2.24) is 0 Å². The van der Waals surface area contributed by atoms with Crippen molar-refractivity contribution in [3.05, 3.63) is 87.9 Å². The number of carbonyl (C=O) groups excluding carboxylic acids is 1. The number of aliphatic imine (C=N–C) groups is 1. The summed E-state index contributed by atoms with van der Waals surface area (Å²) in [4.78, 5) is 16.6. The molecule has 0 saturated carbocycles. The summed E-state index contributed by atoms with van der Waals surface area (Å²) < 4.78 is 10.8. The van der Waals surface area contributed by atoms with Crippen molar-refractivity contribution in [2.75, 3.05) is 6.61 Å². The van der Waals surface area contributed by atoms with Crippen molar-refractivity contribution in [3.8, 4) is 11.5 Å². The fraction of sp³-hybridized carbons (Fsp3) is 0.0909. The number of hydrogen-bond donors (Lipinski definition) is 0. The summed E-state index contributed by atoms with van der Waals surface area (Å²) in [5.41, 5.74) is 2.62. The van der Waals surface area contributed by atoms with E-state index in [1.165, 1.54) is 0 Å². The maximum Gasteiger partial charge on any atom is 0.349 e. The van der Waals surface area contributed by atoms with Gasteiger partial charge in [0.15, 0.2) is 6.61 Å². The molecule has 28 heavy (non-hydrogen) atoms. The van der Waals surface area contributed by atoms with Gasteiger partial charge in [-0.05, 0) is 55.0 Å². The maximum absolute atomic E-state index is 12.2. The zero-order chi connectivity index (χ0) is 19.9. The lowest BCUT2D eigenvalue weighted by Gasteiger charge is -2.09. The first-order valence-corrected chi connectivity index (χ1v) is 9.25. The third kappa shape index (κ3) is 5.59. The molecule has 0 amide bonds. The smallest absolute Gasteiger partial charge is 0.349 e. The van der Waals surface area contributed by atoms with Gasteiger partial charge < -0.3 is 9.47 Å². The SMILES string of the molecule is Cc1cccc(N=Cc2ccccc2OC(=O)COc2ccc(Cl)cc2Cl)c1. The monoisotopic (exact) mass is 413 g/mol. The van der Waals surface area contributed by atoms with E-state index in [0.717, 1.165) is 11.3 Å². The van der Waals surface area contributed by atoms with Crippen LogP contribution in [-0.4, -0.2) is 18.8 Å². The molecule has 6 heteroatoms. The lowest BCUT2D eigenvalue weighted by Crippen LogP contribution is -2.18. The molecular formula is C22H17Cl2NO3. The number of aryl methyl sites for hydroxylation is 1. The number of carbonyl (C=O) groups is 1. The molecule has 0 fully saturated rings. The Morgan fingerprint density at radius 3 is 2.61 bits per heavy atom. The molecule has 0 aliphatic heterocycles. The Balaban J connectivity index is 1.66. The quantitative estimate of drug-likeness (QED) is 0.281. The van der Waals surface area contributed by atoms with Crippen LogP contribution in [0.25, 0.3) is 0 Å². The topological polar surface area (TPSA) is 47.9 Å². The van der Waals surface area contributed by atoms with Gasteiger partial charge in [0.2, 0.25) is 0 Å². The molecule has 0 aliphatic carbocycles. The molecule has 0 atom stereocenters. The van der Waals surface area contributed by atoms with E-state index < -0.39 is 5.97 Å². The Kier molecular flexibility index (Phi) is 6.69. The van der Waals surface area contributed by atoms with Crippen LogP contribution < -0.4 is 9.47 Å². The molecule has 0 saturated heterocycles. The standard InChI is InChI=1S/C22H17Cl2NO3/c1-15-5-4-7-18(11-15)25-13-16-6-2-3-8-20(16)28-22(26)14-27-21-10-9-17(23)12-19(21)24/h2-13H,14H2,1H3. The van der Waals surface area contributed by atoms with Crippen molar-refractivity contribution < 1.29 is 14.3 Å². The molecular weight excluding hydrogens is 397 g/mol. The van der Waals surface area contributed by atoms with Gasteiger partial charge in [-0.1, -0.05) is 47.5 Å². The summed E-state index contributed by atoms with van der Waals surface area (Å²) in [6, 6.07) is 19.7. The van der Waals surface area contributed by atoms with Crippen molar-refractivity contribution in [3.63, 3.8) is 0 Å². The summed E-state index contributed by atoms with van der Waals surface area (Å²) in [7, 11) is 0. The molecule has 0 aliphatic rings. The number of para-hydroxylation sites is 1. The van der Waals surface area contributed by atoms with E-state index in [1.807, 2.05) is 43.3 Å². The number of esters is 1. The fourth-order valence-electron chi connectivity index (χ4n) is 2.41. The highest BCUT2D eigenvalue weighted by Crippen LogP contribution is 2.27. The first-order valence-electron chi connectivity index (χ1n) is 8.49. The highest BCUT2D eigenvalue weighted by atomic mass is 35.5. The van der Waals surface area contributed by atoms with Crippen LogP contribution in [0.4, 0.5) is 5.69 Å². The van der Waals surface area contributed by atoms with E-state index in [9.17, 15) is 4.79 Å². The van der Waals surface area contributed by atoms with Gasteiger partial charge in [0.1, 0.15) is 11.5 Å². The Bertz CT molecular complexity index is 1020. The second-order valence-electron chi connectivity index (χ2n) is 5.97. The Hall–Kier alpha value is -2.82. The van der Waals surface area contributed by atoms with Crippen LogP contribution in [-0.2, 0) is 4.79 Å².